The minimum Gasteiger partial charge on any atom is -0.463 e. The quantitative estimate of drug-likeness (QED) is 0.230. The average molecular weight is 373 g/mol. The number of carbonyl (C=O) groups excluding carboxylic acids is 1. The molecule has 0 aromatic rings. The average Bonchev–Trinajstić information content (AvgIpc) is 2.62. The van der Waals surface area contributed by atoms with Gasteiger partial charge in [0, 0.05) is 6.42 Å². The van der Waals surface area contributed by atoms with Gasteiger partial charge in [-0.3, -0.25) is 4.79 Å². The predicted molar refractivity (Wildman–Crippen MR) is 108 cm³/mol. The highest BCUT2D eigenvalue weighted by Crippen LogP contribution is 2.13. The molecule has 156 valence electrons. The third kappa shape index (κ3) is 19.7. The zero-order chi connectivity index (χ0) is 19.5. The minimum atomic E-state index is -0.487. The second kappa shape index (κ2) is 19.2. The van der Waals surface area contributed by atoms with E-state index >= 15 is 0 Å². The third-order valence-corrected chi connectivity index (χ3v) is 4.59. The van der Waals surface area contributed by atoms with Crippen molar-refractivity contribution in [1.82, 2.24) is 0 Å². The van der Waals surface area contributed by atoms with E-state index in [9.17, 15) is 4.79 Å². The van der Waals surface area contributed by atoms with Crippen LogP contribution in [0.5, 0.6) is 0 Å². The van der Waals surface area contributed by atoms with Crippen LogP contribution >= 0.6 is 0 Å². The molecule has 2 unspecified atom stereocenters. The molecule has 0 saturated carbocycles. The summed E-state index contributed by atoms with van der Waals surface area (Å²) in [6, 6.07) is 0. The summed E-state index contributed by atoms with van der Waals surface area (Å²) in [5, 5.41) is 9.13. The molecule has 0 heterocycles. The molecule has 1 N–H and O–H groups in total. The van der Waals surface area contributed by atoms with Crippen molar-refractivity contribution in [3.63, 3.8) is 0 Å². The molecule has 0 aromatic heterocycles. The van der Waals surface area contributed by atoms with E-state index in [1.165, 1.54) is 70.6 Å². The smallest absolute Gasteiger partial charge is 0.305 e. The van der Waals surface area contributed by atoms with Crippen molar-refractivity contribution in [2.24, 2.45) is 0 Å². The summed E-state index contributed by atoms with van der Waals surface area (Å²) in [6.45, 7) is 6.33. The first-order valence-electron chi connectivity index (χ1n) is 11.0. The Bertz CT molecular complexity index is 305. The van der Waals surface area contributed by atoms with Crippen molar-refractivity contribution in [2.75, 3.05) is 13.2 Å². The van der Waals surface area contributed by atoms with Crippen LogP contribution in [0.4, 0.5) is 0 Å². The van der Waals surface area contributed by atoms with Gasteiger partial charge in [0.2, 0.25) is 0 Å². The topological polar surface area (TPSA) is 55.8 Å². The number of aliphatic hydroxyl groups is 1. The molecule has 4 heteroatoms. The molecule has 0 aromatic carbocycles. The lowest BCUT2D eigenvalue weighted by Gasteiger charge is -2.14. The Balaban J connectivity index is 3.25. The van der Waals surface area contributed by atoms with Gasteiger partial charge in [-0.1, -0.05) is 84.0 Å². The van der Waals surface area contributed by atoms with E-state index in [1.807, 2.05) is 6.92 Å². The van der Waals surface area contributed by atoms with Gasteiger partial charge in [-0.05, 0) is 20.3 Å². The van der Waals surface area contributed by atoms with Crippen LogP contribution in [0.15, 0.2) is 0 Å². The van der Waals surface area contributed by atoms with Gasteiger partial charge in [-0.2, -0.15) is 0 Å². The fourth-order valence-electron chi connectivity index (χ4n) is 2.92. The largest absolute Gasteiger partial charge is 0.463 e. The molecule has 0 amide bonds. The van der Waals surface area contributed by atoms with Crippen LogP contribution in [0.1, 0.15) is 111 Å². The van der Waals surface area contributed by atoms with Gasteiger partial charge in [0.1, 0.15) is 6.61 Å². The molecule has 0 aliphatic heterocycles. The van der Waals surface area contributed by atoms with Crippen molar-refractivity contribution in [3.05, 3.63) is 0 Å². The summed E-state index contributed by atoms with van der Waals surface area (Å²) in [4.78, 5) is 11.7. The number of hydrogen-bond acceptors (Lipinski definition) is 4. The van der Waals surface area contributed by atoms with Gasteiger partial charge in [0.15, 0.2) is 0 Å². The number of unbranched alkanes of at least 4 members (excludes halogenated alkanes) is 12. The molecular weight excluding hydrogens is 328 g/mol. The SMILES string of the molecule is CCCCCCCCCCCCCCCC(=O)OCC(C)OCC(C)O. The highest BCUT2D eigenvalue weighted by atomic mass is 16.6. The maximum absolute atomic E-state index is 11.7. The minimum absolute atomic E-state index is 0.138. The molecule has 2 atom stereocenters. The lowest BCUT2D eigenvalue weighted by atomic mass is 10.0. The summed E-state index contributed by atoms with van der Waals surface area (Å²) in [7, 11) is 0. The molecule has 0 bridgehead atoms. The standard InChI is InChI=1S/C22H44O4/c1-4-5-6-7-8-9-10-11-12-13-14-15-16-17-22(24)26-19-21(3)25-18-20(2)23/h20-21,23H,4-19H2,1-3H3. The molecule has 26 heavy (non-hydrogen) atoms. The number of rotatable bonds is 19. The first-order valence-corrected chi connectivity index (χ1v) is 11.0. The second-order valence-electron chi connectivity index (χ2n) is 7.67. The number of esters is 1. The number of aliphatic hydroxyl groups excluding tert-OH is 1. The van der Waals surface area contributed by atoms with Crippen molar-refractivity contribution >= 4 is 5.97 Å². The maximum atomic E-state index is 11.7. The normalized spacial score (nSPS) is 13.5. The van der Waals surface area contributed by atoms with Crippen molar-refractivity contribution in [3.8, 4) is 0 Å². The van der Waals surface area contributed by atoms with Gasteiger partial charge in [0.05, 0.1) is 18.8 Å². The van der Waals surface area contributed by atoms with E-state index in [0.717, 1.165) is 12.8 Å². The summed E-state index contributed by atoms with van der Waals surface area (Å²) in [5.74, 6) is -0.138. The van der Waals surface area contributed by atoms with Crippen molar-refractivity contribution < 1.29 is 19.4 Å². The molecular formula is C22H44O4. The Labute approximate surface area is 162 Å². The Morgan fingerprint density at radius 1 is 0.769 bits per heavy atom. The monoisotopic (exact) mass is 372 g/mol. The van der Waals surface area contributed by atoms with E-state index < -0.39 is 6.10 Å². The second-order valence-corrected chi connectivity index (χ2v) is 7.67. The molecule has 0 aliphatic carbocycles. The van der Waals surface area contributed by atoms with E-state index in [-0.39, 0.29) is 25.3 Å². The van der Waals surface area contributed by atoms with E-state index in [0.29, 0.717) is 6.42 Å². The molecule has 0 rings (SSSR count). The molecule has 0 spiro atoms. The Morgan fingerprint density at radius 3 is 1.69 bits per heavy atom. The lowest BCUT2D eigenvalue weighted by Crippen LogP contribution is -2.23. The van der Waals surface area contributed by atoms with Gasteiger partial charge < -0.3 is 14.6 Å². The number of ether oxygens (including phenoxy) is 2. The van der Waals surface area contributed by atoms with Crippen LogP contribution in [0, 0.1) is 0 Å². The summed E-state index contributed by atoms with van der Waals surface area (Å²) >= 11 is 0. The fraction of sp³-hybridized carbons (Fsp3) is 0.955. The van der Waals surface area contributed by atoms with Gasteiger partial charge in [-0.25, -0.2) is 0 Å². The molecule has 0 radical (unpaired) electrons. The van der Waals surface area contributed by atoms with Gasteiger partial charge >= 0.3 is 5.97 Å². The van der Waals surface area contributed by atoms with E-state index in [2.05, 4.69) is 6.92 Å². The third-order valence-electron chi connectivity index (χ3n) is 4.59. The number of hydrogen-bond donors (Lipinski definition) is 1. The van der Waals surface area contributed by atoms with Gasteiger partial charge in [-0.15, -0.1) is 0 Å². The van der Waals surface area contributed by atoms with Crippen molar-refractivity contribution in [1.29, 1.82) is 0 Å². The van der Waals surface area contributed by atoms with E-state index in [1.54, 1.807) is 6.92 Å². The highest BCUT2D eigenvalue weighted by Gasteiger charge is 2.08. The summed E-state index contributed by atoms with van der Waals surface area (Å²) < 4.78 is 10.5. The predicted octanol–water partition coefficient (Wildman–Crippen LogP) is 5.80. The Kier molecular flexibility index (Phi) is 18.7. The van der Waals surface area contributed by atoms with Crippen LogP contribution < -0.4 is 0 Å². The highest BCUT2D eigenvalue weighted by molar-refractivity contribution is 5.69. The molecule has 0 aliphatic rings. The summed E-state index contributed by atoms with van der Waals surface area (Å²) in [6.07, 6.45) is 16.8. The Hall–Kier alpha value is -0.610. The van der Waals surface area contributed by atoms with Crippen LogP contribution in [0.25, 0.3) is 0 Å². The van der Waals surface area contributed by atoms with Crippen LogP contribution in [-0.4, -0.2) is 36.5 Å². The molecule has 0 fully saturated rings. The van der Waals surface area contributed by atoms with Crippen molar-refractivity contribution in [2.45, 2.75) is 123 Å². The number of carbonyl (C=O) groups is 1. The Morgan fingerprint density at radius 2 is 1.23 bits per heavy atom. The van der Waals surface area contributed by atoms with Crippen LogP contribution in [0.2, 0.25) is 0 Å². The van der Waals surface area contributed by atoms with Crippen LogP contribution in [0.3, 0.4) is 0 Å². The van der Waals surface area contributed by atoms with Gasteiger partial charge in [0.25, 0.3) is 0 Å². The fourth-order valence-corrected chi connectivity index (χ4v) is 2.92. The molecule has 0 saturated heterocycles. The molecule has 4 nitrogen and oxygen atoms in total. The van der Waals surface area contributed by atoms with E-state index in [4.69, 9.17) is 14.6 Å². The first kappa shape index (κ1) is 25.4. The van der Waals surface area contributed by atoms with Crippen LogP contribution in [-0.2, 0) is 14.3 Å². The summed E-state index contributed by atoms with van der Waals surface area (Å²) in [5.41, 5.74) is 0. The lowest BCUT2D eigenvalue weighted by molar-refractivity contribution is -0.148. The maximum Gasteiger partial charge on any atom is 0.305 e. The zero-order valence-corrected chi connectivity index (χ0v) is 17.6. The first-order chi connectivity index (χ1) is 12.6. The zero-order valence-electron chi connectivity index (χ0n) is 17.6.